The predicted octanol–water partition coefficient (Wildman–Crippen LogP) is 2.24. The molecule has 0 spiro atoms. The standard InChI is InChI=1S/C12H15F4NO2/c1-2-17-6-8-5-9(13)3-4-10(8)19-7-11(18)12(14,15)16/h3-5,11,17-18H,2,6-7H2,1H3. The monoisotopic (exact) mass is 281 g/mol. The van der Waals surface area contributed by atoms with Crippen LogP contribution in [0, 0.1) is 5.82 Å². The Balaban J connectivity index is 2.71. The minimum absolute atomic E-state index is 0.116. The Kier molecular flexibility index (Phi) is 5.56. The summed E-state index contributed by atoms with van der Waals surface area (Å²) in [5, 5.41) is 11.7. The van der Waals surface area contributed by atoms with E-state index in [0.717, 1.165) is 6.07 Å². The zero-order valence-corrected chi connectivity index (χ0v) is 10.3. The molecule has 3 nitrogen and oxygen atoms in total. The summed E-state index contributed by atoms with van der Waals surface area (Å²) in [7, 11) is 0. The topological polar surface area (TPSA) is 41.5 Å². The molecule has 1 aromatic carbocycles. The highest BCUT2D eigenvalue weighted by Crippen LogP contribution is 2.23. The van der Waals surface area contributed by atoms with E-state index in [0.29, 0.717) is 12.1 Å². The van der Waals surface area contributed by atoms with Gasteiger partial charge < -0.3 is 15.2 Å². The number of alkyl halides is 3. The molecule has 0 amide bonds. The molecule has 0 aromatic heterocycles. The molecule has 0 radical (unpaired) electrons. The van der Waals surface area contributed by atoms with Gasteiger partial charge in [0, 0.05) is 12.1 Å². The number of ether oxygens (including phenoxy) is 1. The molecule has 0 saturated carbocycles. The molecular weight excluding hydrogens is 266 g/mol. The van der Waals surface area contributed by atoms with E-state index in [2.05, 4.69) is 5.32 Å². The molecule has 1 rings (SSSR count). The molecular formula is C12H15F4NO2. The SMILES string of the molecule is CCNCc1cc(F)ccc1OCC(O)C(F)(F)F. The van der Waals surface area contributed by atoms with Crippen LogP contribution in [0.1, 0.15) is 12.5 Å². The molecule has 108 valence electrons. The Hall–Kier alpha value is -1.34. The zero-order chi connectivity index (χ0) is 14.5. The summed E-state index contributed by atoms with van der Waals surface area (Å²) in [5.74, 6) is -0.387. The Bertz CT molecular complexity index is 409. The Labute approximate surface area is 108 Å². The van der Waals surface area contributed by atoms with Crippen molar-refractivity contribution in [3.05, 3.63) is 29.6 Å². The second-order valence-electron chi connectivity index (χ2n) is 3.90. The Morgan fingerprint density at radius 3 is 2.63 bits per heavy atom. The van der Waals surface area contributed by atoms with Gasteiger partial charge >= 0.3 is 6.18 Å². The smallest absolute Gasteiger partial charge is 0.417 e. The van der Waals surface area contributed by atoms with Gasteiger partial charge in [-0.15, -0.1) is 0 Å². The lowest BCUT2D eigenvalue weighted by atomic mass is 10.2. The number of benzene rings is 1. The number of aliphatic hydroxyl groups excluding tert-OH is 1. The molecule has 7 heteroatoms. The molecule has 0 aliphatic carbocycles. The lowest BCUT2D eigenvalue weighted by Crippen LogP contribution is -2.34. The van der Waals surface area contributed by atoms with Crippen molar-refractivity contribution >= 4 is 0 Å². The van der Waals surface area contributed by atoms with Crippen LogP contribution in [0.15, 0.2) is 18.2 Å². The van der Waals surface area contributed by atoms with Gasteiger partial charge in [0.05, 0.1) is 0 Å². The Morgan fingerprint density at radius 1 is 1.37 bits per heavy atom. The summed E-state index contributed by atoms with van der Waals surface area (Å²) >= 11 is 0. The van der Waals surface area contributed by atoms with Gasteiger partial charge in [-0.25, -0.2) is 4.39 Å². The molecule has 0 aliphatic rings. The summed E-state index contributed by atoms with van der Waals surface area (Å²) in [6, 6.07) is 3.51. The van der Waals surface area contributed by atoms with Crippen LogP contribution in [0.25, 0.3) is 0 Å². The first-order valence-electron chi connectivity index (χ1n) is 5.71. The normalized spacial score (nSPS) is 13.4. The van der Waals surface area contributed by atoms with Crippen molar-refractivity contribution in [3.63, 3.8) is 0 Å². The van der Waals surface area contributed by atoms with E-state index < -0.39 is 24.7 Å². The molecule has 2 N–H and O–H groups in total. The number of hydrogen-bond acceptors (Lipinski definition) is 3. The zero-order valence-electron chi connectivity index (χ0n) is 10.3. The Morgan fingerprint density at radius 2 is 2.05 bits per heavy atom. The van der Waals surface area contributed by atoms with E-state index in [9.17, 15) is 17.6 Å². The van der Waals surface area contributed by atoms with Crippen molar-refractivity contribution in [2.75, 3.05) is 13.2 Å². The molecule has 1 atom stereocenters. The lowest BCUT2D eigenvalue weighted by molar-refractivity contribution is -0.210. The van der Waals surface area contributed by atoms with E-state index >= 15 is 0 Å². The second kappa shape index (κ2) is 6.72. The lowest BCUT2D eigenvalue weighted by Gasteiger charge is -2.17. The fourth-order valence-electron chi connectivity index (χ4n) is 1.35. The van der Waals surface area contributed by atoms with Gasteiger partial charge in [-0.1, -0.05) is 6.92 Å². The predicted molar refractivity (Wildman–Crippen MR) is 61.3 cm³/mol. The minimum Gasteiger partial charge on any atom is -0.490 e. The summed E-state index contributed by atoms with van der Waals surface area (Å²) in [4.78, 5) is 0. The van der Waals surface area contributed by atoms with E-state index in [4.69, 9.17) is 9.84 Å². The third kappa shape index (κ3) is 5.04. The maximum absolute atomic E-state index is 13.0. The third-order valence-electron chi connectivity index (χ3n) is 2.36. The number of rotatable bonds is 6. The van der Waals surface area contributed by atoms with Crippen molar-refractivity contribution < 1.29 is 27.4 Å². The van der Waals surface area contributed by atoms with Crippen molar-refractivity contribution in [1.82, 2.24) is 5.32 Å². The van der Waals surface area contributed by atoms with Crippen LogP contribution in [-0.2, 0) is 6.54 Å². The van der Waals surface area contributed by atoms with Gasteiger partial charge in [0.1, 0.15) is 18.2 Å². The van der Waals surface area contributed by atoms with Gasteiger partial charge in [0.25, 0.3) is 0 Å². The van der Waals surface area contributed by atoms with Crippen molar-refractivity contribution in [3.8, 4) is 5.75 Å². The average molecular weight is 281 g/mol. The van der Waals surface area contributed by atoms with Crippen LogP contribution in [0.2, 0.25) is 0 Å². The van der Waals surface area contributed by atoms with Gasteiger partial charge in [-0.05, 0) is 24.7 Å². The van der Waals surface area contributed by atoms with Crippen molar-refractivity contribution in [2.45, 2.75) is 25.7 Å². The van der Waals surface area contributed by atoms with Crippen molar-refractivity contribution in [2.24, 2.45) is 0 Å². The molecule has 0 bridgehead atoms. The second-order valence-corrected chi connectivity index (χ2v) is 3.90. The quantitative estimate of drug-likeness (QED) is 0.786. The largest absolute Gasteiger partial charge is 0.490 e. The van der Waals surface area contributed by atoms with Crippen LogP contribution in [0.5, 0.6) is 5.75 Å². The van der Waals surface area contributed by atoms with Gasteiger partial charge in [0.15, 0.2) is 6.10 Å². The molecule has 1 aromatic rings. The summed E-state index contributed by atoms with van der Waals surface area (Å²) in [6.45, 7) is 1.81. The van der Waals surface area contributed by atoms with Gasteiger partial charge in [0.2, 0.25) is 0 Å². The molecule has 1 unspecified atom stereocenters. The van der Waals surface area contributed by atoms with Crippen LogP contribution in [0.3, 0.4) is 0 Å². The first-order valence-corrected chi connectivity index (χ1v) is 5.71. The fraction of sp³-hybridized carbons (Fsp3) is 0.500. The number of nitrogens with one attached hydrogen (secondary N) is 1. The third-order valence-corrected chi connectivity index (χ3v) is 2.36. The van der Waals surface area contributed by atoms with E-state index in [1.54, 1.807) is 0 Å². The molecule has 0 aliphatic heterocycles. The van der Waals surface area contributed by atoms with Crippen LogP contribution in [-0.4, -0.2) is 30.5 Å². The highest BCUT2D eigenvalue weighted by atomic mass is 19.4. The first-order chi connectivity index (χ1) is 8.84. The minimum atomic E-state index is -4.73. The molecule has 0 heterocycles. The maximum atomic E-state index is 13.0. The summed E-state index contributed by atoms with van der Waals surface area (Å²) < 4.78 is 54.3. The van der Waals surface area contributed by atoms with E-state index in [-0.39, 0.29) is 12.3 Å². The molecule has 19 heavy (non-hydrogen) atoms. The number of halogens is 4. The summed E-state index contributed by atoms with van der Waals surface area (Å²) in [6.07, 6.45) is -7.30. The highest BCUT2D eigenvalue weighted by molar-refractivity contribution is 5.34. The highest BCUT2D eigenvalue weighted by Gasteiger charge is 2.38. The fourth-order valence-corrected chi connectivity index (χ4v) is 1.35. The first kappa shape index (κ1) is 15.7. The molecule has 0 fully saturated rings. The summed E-state index contributed by atoms with van der Waals surface area (Å²) in [5.41, 5.74) is 0.399. The molecule has 0 saturated heterocycles. The van der Waals surface area contributed by atoms with Gasteiger partial charge in [-0.3, -0.25) is 0 Å². The van der Waals surface area contributed by atoms with Crippen LogP contribution in [0.4, 0.5) is 17.6 Å². The van der Waals surface area contributed by atoms with Gasteiger partial charge in [-0.2, -0.15) is 13.2 Å². The number of aliphatic hydroxyl groups is 1. The van der Waals surface area contributed by atoms with Crippen LogP contribution >= 0.6 is 0 Å². The number of hydrogen-bond donors (Lipinski definition) is 2. The maximum Gasteiger partial charge on any atom is 0.417 e. The average Bonchev–Trinajstić information content (AvgIpc) is 2.33. The van der Waals surface area contributed by atoms with E-state index in [1.165, 1.54) is 12.1 Å². The van der Waals surface area contributed by atoms with Crippen LogP contribution < -0.4 is 10.1 Å². The van der Waals surface area contributed by atoms with Crippen molar-refractivity contribution in [1.29, 1.82) is 0 Å². The van der Waals surface area contributed by atoms with E-state index in [1.807, 2.05) is 6.92 Å².